The van der Waals surface area contributed by atoms with Crippen LogP contribution in [0.4, 0.5) is 5.69 Å². The lowest BCUT2D eigenvalue weighted by Crippen LogP contribution is -2.41. The number of benzene rings is 1. The first-order valence-electron chi connectivity index (χ1n) is 6.45. The first-order valence-corrected chi connectivity index (χ1v) is 8.04. The van der Waals surface area contributed by atoms with Gasteiger partial charge in [-0.05, 0) is 34.0 Å². The molecule has 1 amide bonds. The van der Waals surface area contributed by atoms with E-state index in [2.05, 4.69) is 37.2 Å². The van der Waals surface area contributed by atoms with Crippen molar-refractivity contribution in [3.63, 3.8) is 0 Å². The maximum Gasteiger partial charge on any atom is 0.340 e. The molecule has 1 aromatic carbocycles. The molecule has 0 fully saturated rings. The van der Waals surface area contributed by atoms with Gasteiger partial charge in [-0.2, -0.15) is 0 Å². The van der Waals surface area contributed by atoms with Gasteiger partial charge in [-0.3, -0.25) is 4.79 Å². The summed E-state index contributed by atoms with van der Waals surface area (Å²) in [4.78, 5) is 24.0. The molecule has 0 heterocycles. The monoisotopic (exact) mass is 420 g/mol. The number of ether oxygens (including phenoxy) is 1. The second-order valence-corrected chi connectivity index (χ2v) is 6.47. The molecule has 0 aromatic heterocycles. The van der Waals surface area contributed by atoms with Gasteiger partial charge in [0, 0.05) is 8.95 Å². The molecule has 2 atom stereocenters. The van der Waals surface area contributed by atoms with E-state index in [1.807, 2.05) is 13.8 Å². The first kappa shape index (κ1) is 18.1. The minimum atomic E-state index is -0.643. The average molecular weight is 422 g/mol. The van der Waals surface area contributed by atoms with Crippen LogP contribution in [-0.2, 0) is 9.53 Å². The predicted molar refractivity (Wildman–Crippen MR) is 89.2 cm³/mol. The molecular weight excluding hydrogens is 404 g/mol. The smallest absolute Gasteiger partial charge is 0.340 e. The van der Waals surface area contributed by atoms with E-state index < -0.39 is 12.0 Å². The van der Waals surface area contributed by atoms with Crippen molar-refractivity contribution in [1.82, 2.24) is 0 Å². The number of methoxy groups -OCH3 is 1. The van der Waals surface area contributed by atoms with Crippen LogP contribution in [0.5, 0.6) is 0 Å². The van der Waals surface area contributed by atoms with E-state index in [4.69, 9.17) is 10.5 Å². The Bertz CT molecular complexity index is 549. The van der Waals surface area contributed by atoms with Crippen molar-refractivity contribution in [2.45, 2.75) is 26.3 Å². The van der Waals surface area contributed by atoms with Crippen molar-refractivity contribution in [2.75, 3.05) is 12.4 Å². The third-order valence-corrected chi connectivity index (χ3v) is 4.35. The summed E-state index contributed by atoms with van der Waals surface area (Å²) in [6.07, 6.45) is 0.792. The standard InChI is InChI=1S/C14H18Br2N2O3/c1-4-7(2)11(17)13(19)18-12-9(14(20)21-3)5-8(15)6-10(12)16/h5-7,11H,4,17H2,1-3H3,(H,18,19)/t7?,11-/m0/s1. The molecule has 1 aromatic rings. The molecule has 21 heavy (non-hydrogen) atoms. The summed E-state index contributed by atoms with van der Waals surface area (Å²) in [5.41, 5.74) is 6.51. The van der Waals surface area contributed by atoms with Gasteiger partial charge < -0.3 is 15.8 Å². The van der Waals surface area contributed by atoms with Gasteiger partial charge in [-0.15, -0.1) is 0 Å². The zero-order chi connectivity index (χ0) is 16.2. The highest BCUT2D eigenvalue weighted by Gasteiger charge is 2.23. The number of rotatable bonds is 5. The van der Waals surface area contributed by atoms with Crippen LogP contribution in [-0.4, -0.2) is 25.0 Å². The van der Waals surface area contributed by atoms with Gasteiger partial charge in [0.2, 0.25) is 5.91 Å². The number of esters is 1. The minimum Gasteiger partial charge on any atom is -0.465 e. The van der Waals surface area contributed by atoms with Crippen molar-refractivity contribution in [1.29, 1.82) is 0 Å². The van der Waals surface area contributed by atoms with Gasteiger partial charge >= 0.3 is 5.97 Å². The maximum atomic E-state index is 12.2. The van der Waals surface area contributed by atoms with Gasteiger partial charge in [-0.1, -0.05) is 36.2 Å². The number of hydrogen-bond donors (Lipinski definition) is 2. The quantitative estimate of drug-likeness (QED) is 0.714. The van der Waals surface area contributed by atoms with E-state index in [1.54, 1.807) is 12.1 Å². The molecule has 1 unspecified atom stereocenters. The van der Waals surface area contributed by atoms with Crippen LogP contribution < -0.4 is 11.1 Å². The van der Waals surface area contributed by atoms with Gasteiger partial charge in [0.15, 0.2) is 0 Å². The highest BCUT2D eigenvalue weighted by atomic mass is 79.9. The normalized spacial score (nSPS) is 13.4. The maximum absolute atomic E-state index is 12.2. The van der Waals surface area contributed by atoms with E-state index in [-0.39, 0.29) is 17.4 Å². The van der Waals surface area contributed by atoms with E-state index in [9.17, 15) is 9.59 Å². The fourth-order valence-electron chi connectivity index (χ4n) is 1.69. The third kappa shape index (κ3) is 4.52. The Morgan fingerprint density at radius 2 is 2.00 bits per heavy atom. The molecule has 7 heteroatoms. The Balaban J connectivity index is 3.13. The number of carbonyl (C=O) groups is 2. The molecule has 0 saturated heterocycles. The van der Waals surface area contributed by atoms with E-state index >= 15 is 0 Å². The topological polar surface area (TPSA) is 81.4 Å². The molecule has 3 N–H and O–H groups in total. The molecule has 0 aliphatic rings. The fourth-order valence-corrected chi connectivity index (χ4v) is 3.01. The van der Waals surface area contributed by atoms with Crippen LogP contribution in [0.15, 0.2) is 21.1 Å². The Morgan fingerprint density at radius 3 is 2.52 bits per heavy atom. The Morgan fingerprint density at radius 1 is 1.38 bits per heavy atom. The molecule has 0 saturated carbocycles. The van der Waals surface area contributed by atoms with Crippen molar-refractivity contribution in [3.8, 4) is 0 Å². The van der Waals surface area contributed by atoms with Crippen molar-refractivity contribution in [3.05, 3.63) is 26.6 Å². The summed E-state index contributed by atoms with van der Waals surface area (Å²) in [6.45, 7) is 3.87. The molecule has 1 rings (SSSR count). The highest BCUT2D eigenvalue weighted by Crippen LogP contribution is 2.31. The largest absolute Gasteiger partial charge is 0.465 e. The van der Waals surface area contributed by atoms with Crippen molar-refractivity contribution in [2.24, 2.45) is 11.7 Å². The van der Waals surface area contributed by atoms with Crippen molar-refractivity contribution >= 4 is 49.4 Å². The molecule has 116 valence electrons. The highest BCUT2D eigenvalue weighted by molar-refractivity contribution is 9.11. The number of anilines is 1. The second kappa shape index (κ2) is 7.91. The van der Waals surface area contributed by atoms with E-state index in [0.717, 1.165) is 6.42 Å². The summed E-state index contributed by atoms with van der Waals surface area (Å²) in [5, 5.41) is 2.70. The lowest BCUT2D eigenvalue weighted by molar-refractivity contribution is -0.118. The number of nitrogens with one attached hydrogen (secondary N) is 1. The fraction of sp³-hybridized carbons (Fsp3) is 0.429. The zero-order valence-corrected chi connectivity index (χ0v) is 15.2. The lowest BCUT2D eigenvalue weighted by atomic mass is 9.99. The number of nitrogens with two attached hydrogens (primary N) is 1. The summed E-state index contributed by atoms with van der Waals surface area (Å²) in [5.74, 6) is -0.831. The Labute approximate surface area is 140 Å². The second-order valence-electron chi connectivity index (χ2n) is 4.70. The molecule has 0 aliphatic carbocycles. The average Bonchev–Trinajstić information content (AvgIpc) is 2.46. The van der Waals surface area contributed by atoms with E-state index in [1.165, 1.54) is 7.11 Å². The van der Waals surface area contributed by atoms with Gasteiger partial charge in [0.25, 0.3) is 0 Å². The number of amides is 1. The summed E-state index contributed by atoms with van der Waals surface area (Å²) < 4.78 is 6.00. The number of hydrogen-bond acceptors (Lipinski definition) is 4. The molecule has 0 bridgehead atoms. The van der Waals surface area contributed by atoms with Crippen LogP contribution in [0.2, 0.25) is 0 Å². The van der Waals surface area contributed by atoms with Crippen LogP contribution in [0.25, 0.3) is 0 Å². The minimum absolute atomic E-state index is 0.0424. The Hall–Kier alpha value is -0.920. The van der Waals surface area contributed by atoms with Crippen LogP contribution in [0.3, 0.4) is 0 Å². The first-order chi connectivity index (χ1) is 9.81. The zero-order valence-electron chi connectivity index (χ0n) is 12.1. The summed E-state index contributed by atoms with van der Waals surface area (Å²) in [6, 6.07) is 2.67. The molecule has 5 nitrogen and oxygen atoms in total. The summed E-state index contributed by atoms with van der Waals surface area (Å²) >= 11 is 6.63. The van der Waals surface area contributed by atoms with Crippen LogP contribution >= 0.6 is 31.9 Å². The number of halogens is 2. The van der Waals surface area contributed by atoms with Crippen LogP contribution in [0.1, 0.15) is 30.6 Å². The van der Waals surface area contributed by atoms with Gasteiger partial charge in [-0.25, -0.2) is 4.79 Å². The molecule has 0 aliphatic heterocycles. The summed E-state index contributed by atoms with van der Waals surface area (Å²) in [7, 11) is 1.29. The lowest BCUT2D eigenvalue weighted by Gasteiger charge is -2.19. The Kier molecular flexibility index (Phi) is 6.83. The van der Waals surface area contributed by atoms with E-state index in [0.29, 0.717) is 14.6 Å². The molecular formula is C14H18Br2N2O3. The van der Waals surface area contributed by atoms with Gasteiger partial charge in [0.05, 0.1) is 24.4 Å². The molecule has 0 spiro atoms. The SMILES string of the molecule is CCC(C)[C@H](N)C(=O)Nc1c(Br)cc(Br)cc1C(=O)OC. The number of carbonyl (C=O) groups excluding carboxylic acids is 2. The molecule has 0 radical (unpaired) electrons. The third-order valence-electron chi connectivity index (χ3n) is 3.27. The van der Waals surface area contributed by atoms with Crippen LogP contribution in [0, 0.1) is 5.92 Å². The van der Waals surface area contributed by atoms with Crippen molar-refractivity contribution < 1.29 is 14.3 Å². The predicted octanol–water partition coefficient (Wildman–Crippen LogP) is 3.31. The van der Waals surface area contributed by atoms with Gasteiger partial charge in [0.1, 0.15) is 0 Å².